The van der Waals surface area contributed by atoms with Crippen molar-refractivity contribution in [2.75, 3.05) is 20.8 Å². The van der Waals surface area contributed by atoms with E-state index in [1.54, 1.807) is 0 Å². The van der Waals surface area contributed by atoms with E-state index >= 15 is 0 Å². The summed E-state index contributed by atoms with van der Waals surface area (Å²) in [4.78, 5) is 2.60. The van der Waals surface area contributed by atoms with Crippen LogP contribution in [0, 0.1) is 0 Å². The van der Waals surface area contributed by atoms with Crippen LogP contribution in [0.25, 0.3) is 10.4 Å². The van der Waals surface area contributed by atoms with Gasteiger partial charge in [-0.05, 0) is 5.53 Å². The lowest BCUT2D eigenvalue weighted by molar-refractivity contribution is -0.291. The van der Waals surface area contributed by atoms with Crippen LogP contribution in [0.2, 0.25) is 0 Å². The van der Waals surface area contributed by atoms with Crippen molar-refractivity contribution in [3.8, 4) is 0 Å². The average molecular weight is 233 g/mol. The molecule has 0 aromatic carbocycles. The summed E-state index contributed by atoms with van der Waals surface area (Å²) >= 11 is 0. The lowest BCUT2D eigenvalue weighted by atomic mass is 9.99. The Bertz CT molecular complexity index is 270. The molecule has 8 heteroatoms. The first-order valence-corrected chi connectivity index (χ1v) is 4.73. The standard InChI is InChI=1S/C8H15N3O5/c1-14-7-4(3-10-11-9)16-8(15-2)6(13)5(7)12/h4-8,12-13H,3H2,1-2H3. The molecule has 0 spiro atoms. The van der Waals surface area contributed by atoms with Crippen LogP contribution in [0.5, 0.6) is 0 Å². The summed E-state index contributed by atoms with van der Waals surface area (Å²) in [7, 11) is 2.72. The third-order valence-electron chi connectivity index (χ3n) is 2.47. The highest BCUT2D eigenvalue weighted by atomic mass is 16.7. The second-order valence-corrected chi connectivity index (χ2v) is 3.37. The van der Waals surface area contributed by atoms with Gasteiger partial charge in [0.2, 0.25) is 0 Å². The maximum Gasteiger partial charge on any atom is 0.186 e. The molecule has 92 valence electrons. The Kier molecular flexibility index (Phi) is 4.94. The highest BCUT2D eigenvalue weighted by Gasteiger charge is 2.44. The highest BCUT2D eigenvalue weighted by molar-refractivity contribution is 4.91. The molecule has 0 saturated carbocycles. The number of hydrogen-bond acceptors (Lipinski definition) is 6. The molecule has 16 heavy (non-hydrogen) atoms. The Labute approximate surface area is 92.4 Å². The van der Waals surface area contributed by atoms with Gasteiger partial charge in [0.1, 0.15) is 18.3 Å². The van der Waals surface area contributed by atoms with Crippen molar-refractivity contribution < 1.29 is 24.4 Å². The normalized spacial score (nSPS) is 39.1. The van der Waals surface area contributed by atoms with E-state index in [9.17, 15) is 10.2 Å². The number of ether oxygens (including phenoxy) is 3. The molecule has 0 aromatic heterocycles. The zero-order valence-corrected chi connectivity index (χ0v) is 9.05. The first-order valence-electron chi connectivity index (χ1n) is 4.73. The predicted octanol–water partition coefficient (Wildman–Crippen LogP) is -0.595. The molecule has 1 aliphatic heterocycles. The third-order valence-corrected chi connectivity index (χ3v) is 2.47. The minimum absolute atomic E-state index is 0.00134. The Morgan fingerprint density at radius 2 is 2.00 bits per heavy atom. The molecule has 0 aromatic rings. The van der Waals surface area contributed by atoms with E-state index in [1.165, 1.54) is 14.2 Å². The summed E-state index contributed by atoms with van der Waals surface area (Å²) in [6.45, 7) is -0.00134. The Hall–Kier alpha value is -0.890. The van der Waals surface area contributed by atoms with E-state index in [0.29, 0.717) is 0 Å². The summed E-state index contributed by atoms with van der Waals surface area (Å²) in [5, 5.41) is 22.7. The molecular formula is C8H15N3O5. The zero-order chi connectivity index (χ0) is 12.1. The SMILES string of the molecule is COC1OC(CN=[N+]=[N-])C(OC)C(O)C1O. The highest BCUT2D eigenvalue weighted by Crippen LogP contribution is 2.23. The number of nitrogens with zero attached hydrogens (tertiary/aromatic N) is 3. The van der Waals surface area contributed by atoms with E-state index in [2.05, 4.69) is 10.0 Å². The second kappa shape index (κ2) is 6.00. The van der Waals surface area contributed by atoms with Gasteiger partial charge in [-0.2, -0.15) is 0 Å². The van der Waals surface area contributed by atoms with Crippen LogP contribution in [0.3, 0.4) is 0 Å². The largest absolute Gasteiger partial charge is 0.387 e. The fourth-order valence-electron chi connectivity index (χ4n) is 1.66. The topological polar surface area (TPSA) is 117 Å². The minimum atomic E-state index is -1.20. The van der Waals surface area contributed by atoms with Gasteiger partial charge in [0.15, 0.2) is 6.29 Å². The number of rotatable bonds is 4. The number of azide groups is 1. The molecule has 0 amide bonds. The molecule has 1 heterocycles. The number of aliphatic hydroxyl groups excluding tert-OH is 2. The molecule has 1 saturated heterocycles. The fraction of sp³-hybridized carbons (Fsp3) is 1.00. The molecular weight excluding hydrogens is 218 g/mol. The van der Waals surface area contributed by atoms with Gasteiger partial charge in [-0.25, -0.2) is 0 Å². The quantitative estimate of drug-likeness (QED) is 0.382. The van der Waals surface area contributed by atoms with Crippen LogP contribution in [0.4, 0.5) is 0 Å². The van der Waals surface area contributed by atoms with Crippen molar-refractivity contribution in [2.45, 2.75) is 30.7 Å². The van der Waals surface area contributed by atoms with Crippen molar-refractivity contribution in [3.05, 3.63) is 10.4 Å². The van der Waals surface area contributed by atoms with Crippen LogP contribution in [-0.2, 0) is 14.2 Å². The van der Waals surface area contributed by atoms with Crippen molar-refractivity contribution in [1.82, 2.24) is 0 Å². The summed E-state index contributed by atoms with van der Waals surface area (Å²) in [6, 6.07) is 0. The molecule has 1 rings (SSSR count). The van der Waals surface area contributed by atoms with Gasteiger partial charge in [-0.15, -0.1) is 0 Å². The van der Waals surface area contributed by atoms with Crippen LogP contribution >= 0.6 is 0 Å². The van der Waals surface area contributed by atoms with Crippen molar-refractivity contribution in [2.24, 2.45) is 5.11 Å². The molecule has 0 aliphatic carbocycles. The molecule has 5 unspecified atom stereocenters. The van der Waals surface area contributed by atoms with E-state index in [-0.39, 0.29) is 6.54 Å². The van der Waals surface area contributed by atoms with Crippen LogP contribution < -0.4 is 0 Å². The van der Waals surface area contributed by atoms with Crippen molar-refractivity contribution >= 4 is 0 Å². The first-order chi connectivity index (χ1) is 7.65. The lowest BCUT2D eigenvalue weighted by Gasteiger charge is -2.40. The first kappa shape index (κ1) is 13.2. The maximum atomic E-state index is 9.74. The molecule has 0 radical (unpaired) electrons. The van der Waals surface area contributed by atoms with Crippen LogP contribution in [0.1, 0.15) is 0 Å². The number of aliphatic hydroxyl groups is 2. The third kappa shape index (κ3) is 2.62. The molecule has 8 nitrogen and oxygen atoms in total. The van der Waals surface area contributed by atoms with E-state index in [0.717, 1.165) is 0 Å². The smallest absolute Gasteiger partial charge is 0.186 e. The van der Waals surface area contributed by atoms with Gasteiger partial charge in [0, 0.05) is 19.1 Å². The Balaban J connectivity index is 2.76. The summed E-state index contributed by atoms with van der Waals surface area (Å²) in [5.41, 5.74) is 8.22. The van der Waals surface area contributed by atoms with Gasteiger partial charge in [-0.1, -0.05) is 5.11 Å². The van der Waals surface area contributed by atoms with E-state index in [4.69, 9.17) is 19.7 Å². The van der Waals surface area contributed by atoms with Crippen LogP contribution in [-0.4, -0.2) is 61.7 Å². The molecule has 1 aliphatic rings. The predicted molar refractivity (Wildman–Crippen MR) is 52.5 cm³/mol. The maximum absolute atomic E-state index is 9.74. The zero-order valence-electron chi connectivity index (χ0n) is 9.05. The summed E-state index contributed by atoms with van der Waals surface area (Å²) in [5.74, 6) is 0. The van der Waals surface area contributed by atoms with Gasteiger partial charge < -0.3 is 24.4 Å². The number of methoxy groups -OCH3 is 2. The van der Waals surface area contributed by atoms with Gasteiger partial charge >= 0.3 is 0 Å². The van der Waals surface area contributed by atoms with E-state index in [1.807, 2.05) is 0 Å². The van der Waals surface area contributed by atoms with Crippen molar-refractivity contribution in [3.63, 3.8) is 0 Å². The molecule has 5 atom stereocenters. The summed E-state index contributed by atoms with van der Waals surface area (Å²) in [6.07, 6.45) is -4.71. The molecule has 1 fully saturated rings. The van der Waals surface area contributed by atoms with Crippen molar-refractivity contribution in [1.29, 1.82) is 0 Å². The Morgan fingerprint density at radius 1 is 1.31 bits per heavy atom. The fourth-order valence-corrected chi connectivity index (χ4v) is 1.66. The van der Waals surface area contributed by atoms with Gasteiger partial charge in [-0.3, -0.25) is 0 Å². The van der Waals surface area contributed by atoms with Gasteiger partial charge in [0.05, 0.1) is 12.6 Å². The van der Waals surface area contributed by atoms with E-state index < -0.39 is 30.7 Å². The monoisotopic (exact) mass is 233 g/mol. The minimum Gasteiger partial charge on any atom is -0.387 e. The van der Waals surface area contributed by atoms with Gasteiger partial charge in [0.25, 0.3) is 0 Å². The average Bonchev–Trinajstić information content (AvgIpc) is 2.30. The summed E-state index contributed by atoms with van der Waals surface area (Å²) < 4.78 is 15.2. The molecule has 2 N–H and O–H groups in total. The second-order valence-electron chi connectivity index (χ2n) is 3.37. The van der Waals surface area contributed by atoms with Crippen LogP contribution in [0.15, 0.2) is 5.11 Å². The number of hydrogen-bond donors (Lipinski definition) is 2. The Morgan fingerprint density at radius 3 is 2.50 bits per heavy atom. The molecule has 0 bridgehead atoms. The lowest BCUT2D eigenvalue weighted by Crippen LogP contribution is -2.59.